The topological polar surface area (TPSA) is 49.3 Å². The maximum atomic E-state index is 13.0. The molecule has 3 rings (SSSR count). The zero-order valence-corrected chi connectivity index (χ0v) is 14.2. The zero-order valence-electron chi connectivity index (χ0n) is 14.2. The third-order valence-corrected chi connectivity index (χ3v) is 3.84. The third-order valence-electron chi connectivity index (χ3n) is 3.84. The summed E-state index contributed by atoms with van der Waals surface area (Å²) < 4.78 is 13.0. The van der Waals surface area contributed by atoms with Crippen LogP contribution in [0.4, 0.5) is 4.39 Å². The number of aliphatic imine (C=N–C) groups is 1. The van der Waals surface area contributed by atoms with Crippen molar-refractivity contribution in [1.82, 2.24) is 15.6 Å². The van der Waals surface area contributed by atoms with E-state index in [0.29, 0.717) is 13.1 Å². The van der Waals surface area contributed by atoms with Crippen LogP contribution in [0.1, 0.15) is 18.1 Å². The maximum Gasteiger partial charge on any atom is 0.191 e. The van der Waals surface area contributed by atoms with Gasteiger partial charge in [0, 0.05) is 24.7 Å². The molecule has 0 amide bonds. The third kappa shape index (κ3) is 4.53. The number of nitrogens with zero attached hydrogens (tertiary/aromatic N) is 2. The van der Waals surface area contributed by atoms with Crippen molar-refractivity contribution >= 4 is 16.9 Å². The highest BCUT2D eigenvalue weighted by molar-refractivity contribution is 5.83. The molecule has 128 valence electrons. The van der Waals surface area contributed by atoms with E-state index >= 15 is 0 Å². The summed E-state index contributed by atoms with van der Waals surface area (Å²) in [5, 5.41) is 7.68. The first-order valence-electron chi connectivity index (χ1n) is 8.35. The van der Waals surface area contributed by atoms with Gasteiger partial charge < -0.3 is 10.6 Å². The van der Waals surface area contributed by atoms with Crippen LogP contribution in [-0.2, 0) is 13.1 Å². The monoisotopic (exact) mass is 336 g/mol. The summed E-state index contributed by atoms with van der Waals surface area (Å²) in [5.74, 6) is 0.487. The lowest BCUT2D eigenvalue weighted by atomic mass is 10.1. The van der Waals surface area contributed by atoms with Gasteiger partial charge in [-0.25, -0.2) is 9.38 Å². The number of nitrogens with one attached hydrogen (secondary N) is 2. The van der Waals surface area contributed by atoms with E-state index in [2.05, 4.69) is 38.8 Å². The first-order valence-corrected chi connectivity index (χ1v) is 8.35. The zero-order chi connectivity index (χ0) is 17.5. The number of benzene rings is 2. The van der Waals surface area contributed by atoms with E-state index in [9.17, 15) is 4.39 Å². The van der Waals surface area contributed by atoms with Crippen molar-refractivity contribution in [2.24, 2.45) is 4.99 Å². The van der Waals surface area contributed by atoms with E-state index in [0.717, 1.165) is 34.5 Å². The quantitative estimate of drug-likeness (QED) is 0.552. The number of aromatic nitrogens is 1. The minimum absolute atomic E-state index is 0.235. The molecule has 3 aromatic rings. The number of hydrogen-bond donors (Lipinski definition) is 2. The fraction of sp³-hybridized carbons (Fsp3) is 0.200. The molecule has 1 heterocycles. The second-order valence-corrected chi connectivity index (χ2v) is 5.67. The van der Waals surface area contributed by atoms with Gasteiger partial charge >= 0.3 is 0 Å². The first-order chi connectivity index (χ1) is 12.3. The van der Waals surface area contributed by atoms with Crippen molar-refractivity contribution in [1.29, 1.82) is 0 Å². The van der Waals surface area contributed by atoms with Gasteiger partial charge in [-0.15, -0.1) is 0 Å². The minimum Gasteiger partial charge on any atom is -0.357 e. The van der Waals surface area contributed by atoms with E-state index in [1.807, 2.05) is 19.1 Å². The van der Waals surface area contributed by atoms with Gasteiger partial charge in [0.1, 0.15) is 5.82 Å². The van der Waals surface area contributed by atoms with E-state index in [1.165, 1.54) is 12.1 Å². The van der Waals surface area contributed by atoms with Gasteiger partial charge in [0.15, 0.2) is 5.96 Å². The second kappa shape index (κ2) is 8.24. The van der Waals surface area contributed by atoms with E-state index in [4.69, 9.17) is 0 Å². The fourth-order valence-corrected chi connectivity index (χ4v) is 2.59. The highest BCUT2D eigenvalue weighted by Gasteiger charge is 2.03. The molecule has 4 nitrogen and oxygen atoms in total. The van der Waals surface area contributed by atoms with Crippen LogP contribution in [-0.4, -0.2) is 17.5 Å². The maximum absolute atomic E-state index is 13.0. The molecule has 0 bridgehead atoms. The molecule has 0 atom stereocenters. The average Bonchev–Trinajstić information content (AvgIpc) is 2.65. The van der Waals surface area contributed by atoms with Crippen LogP contribution in [0.25, 0.3) is 10.9 Å². The predicted molar refractivity (Wildman–Crippen MR) is 99.8 cm³/mol. The van der Waals surface area contributed by atoms with Gasteiger partial charge in [-0.2, -0.15) is 0 Å². The molecule has 5 heteroatoms. The molecule has 0 aliphatic heterocycles. The Bertz CT molecular complexity index is 854. The van der Waals surface area contributed by atoms with Gasteiger partial charge in [0.05, 0.1) is 12.1 Å². The first kappa shape index (κ1) is 16.9. The lowest BCUT2D eigenvalue weighted by Gasteiger charge is -2.12. The number of pyridine rings is 1. The highest BCUT2D eigenvalue weighted by atomic mass is 19.1. The average molecular weight is 336 g/mol. The Morgan fingerprint density at radius 2 is 1.84 bits per heavy atom. The molecule has 2 N–H and O–H groups in total. The molecule has 0 radical (unpaired) electrons. The molecule has 2 aromatic carbocycles. The van der Waals surface area contributed by atoms with Crippen molar-refractivity contribution in [2.75, 3.05) is 6.54 Å². The number of halogens is 1. The van der Waals surface area contributed by atoms with Gasteiger partial charge in [-0.1, -0.05) is 36.4 Å². The lowest BCUT2D eigenvalue weighted by molar-refractivity contribution is 0.627. The van der Waals surface area contributed by atoms with Crippen LogP contribution in [0.2, 0.25) is 0 Å². The van der Waals surface area contributed by atoms with Crippen molar-refractivity contribution in [2.45, 2.75) is 20.0 Å². The number of hydrogen-bond acceptors (Lipinski definition) is 2. The normalized spacial score (nSPS) is 11.5. The molecule has 0 aliphatic carbocycles. The van der Waals surface area contributed by atoms with E-state index in [-0.39, 0.29) is 5.82 Å². The van der Waals surface area contributed by atoms with Crippen molar-refractivity contribution in [3.8, 4) is 0 Å². The van der Waals surface area contributed by atoms with Crippen LogP contribution in [0.5, 0.6) is 0 Å². The van der Waals surface area contributed by atoms with Gasteiger partial charge in [-0.05, 0) is 36.2 Å². The van der Waals surface area contributed by atoms with E-state index in [1.54, 1.807) is 18.3 Å². The summed E-state index contributed by atoms with van der Waals surface area (Å²) in [4.78, 5) is 9.03. The van der Waals surface area contributed by atoms with Crippen LogP contribution in [0.15, 0.2) is 65.8 Å². The Hall–Kier alpha value is -2.95. The second-order valence-electron chi connectivity index (χ2n) is 5.67. The molecular weight excluding hydrogens is 315 g/mol. The molecule has 0 aliphatic rings. The number of para-hydroxylation sites is 1. The predicted octanol–water partition coefficient (Wildman–Crippen LogP) is 3.63. The summed E-state index contributed by atoms with van der Waals surface area (Å²) in [6.45, 7) is 3.91. The van der Waals surface area contributed by atoms with Crippen molar-refractivity contribution < 1.29 is 4.39 Å². The van der Waals surface area contributed by atoms with Crippen LogP contribution >= 0.6 is 0 Å². The Morgan fingerprint density at radius 3 is 2.64 bits per heavy atom. The Kier molecular flexibility index (Phi) is 5.57. The summed E-state index contributed by atoms with van der Waals surface area (Å²) in [7, 11) is 0. The molecule has 0 fully saturated rings. The SMILES string of the molecule is CCNC(=NCc1ccc(F)cc1)NCc1cccc2cccnc12. The molecular formula is C20H21FN4. The molecule has 0 unspecified atom stereocenters. The van der Waals surface area contributed by atoms with Gasteiger partial charge in [0.2, 0.25) is 0 Å². The van der Waals surface area contributed by atoms with Crippen molar-refractivity contribution in [3.63, 3.8) is 0 Å². The number of fused-ring (bicyclic) bond motifs is 1. The smallest absolute Gasteiger partial charge is 0.191 e. The van der Waals surface area contributed by atoms with Gasteiger partial charge in [-0.3, -0.25) is 4.98 Å². The lowest BCUT2D eigenvalue weighted by Crippen LogP contribution is -2.36. The van der Waals surface area contributed by atoms with Crippen LogP contribution in [0, 0.1) is 5.82 Å². The number of guanidine groups is 1. The summed E-state index contributed by atoms with van der Waals surface area (Å²) in [6.07, 6.45) is 1.81. The standard InChI is InChI=1S/C20H21FN4/c1-2-22-20(24-13-15-8-10-18(21)11-9-15)25-14-17-6-3-5-16-7-4-12-23-19(16)17/h3-12H,2,13-14H2,1H3,(H2,22,24,25). The molecule has 0 saturated carbocycles. The van der Waals surface area contributed by atoms with Crippen LogP contribution < -0.4 is 10.6 Å². The van der Waals surface area contributed by atoms with Crippen LogP contribution in [0.3, 0.4) is 0 Å². The molecule has 0 saturated heterocycles. The molecule has 0 spiro atoms. The Morgan fingerprint density at radius 1 is 1.04 bits per heavy atom. The van der Waals surface area contributed by atoms with E-state index < -0.39 is 0 Å². The largest absolute Gasteiger partial charge is 0.357 e. The van der Waals surface area contributed by atoms with Crippen molar-refractivity contribution in [3.05, 3.63) is 77.7 Å². The molecule has 25 heavy (non-hydrogen) atoms. The Balaban J connectivity index is 1.70. The number of rotatable bonds is 5. The highest BCUT2D eigenvalue weighted by Crippen LogP contribution is 2.15. The summed E-state index contributed by atoms with van der Waals surface area (Å²) in [5.41, 5.74) is 3.07. The molecule has 1 aromatic heterocycles. The summed E-state index contributed by atoms with van der Waals surface area (Å²) in [6, 6.07) is 16.5. The van der Waals surface area contributed by atoms with Gasteiger partial charge in [0.25, 0.3) is 0 Å². The Labute approximate surface area is 146 Å². The summed E-state index contributed by atoms with van der Waals surface area (Å²) >= 11 is 0. The minimum atomic E-state index is -0.235. The fourth-order valence-electron chi connectivity index (χ4n) is 2.59.